The number of hydrogen-bond donors (Lipinski definition) is 1. The molecule has 0 aliphatic rings. The molecule has 0 aliphatic carbocycles. The van der Waals surface area contributed by atoms with Crippen LogP contribution in [0.15, 0.2) is 30.3 Å². The monoisotopic (exact) mass is 169 g/mol. The molecule has 0 aromatic heterocycles. The molecule has 0 aliphatic heterocycles. The Morgan fingerprint density at radius 1 is 1.22 bits per heavy atom. The van der Waals surface area contributed by atoms with Crippen LogP contribution in [0.2, 0.25) is 0 Å². The molecule has 0 fully saturated rings. The fourth-order valence-electron chi connectivity index (χ4n) is 0.501. The van der Waals surface area contributed by atoms with Crippen LogP contribution in [0.25, 0.3) is 0 Å². The van der Waals surface area contributed by atoms with Crippen molar-refractivity contribution in [3.63, 3.8) is 0 Å². The third kappa shape index (κ3) is 3.31. The van der Waals surface area contributed by atoms with Crippen molar-refractivity contribution < 1.29 is 2.85 Å². The molecule has 0 saturated carbocycles. The molecule has 0 saturated heterocycles. The molecule has 0 heterocycles. The van der Waals surface area contributed by atoms with Crippen molar-refractivity contribution in [1.29, 1.82) is 0 Å². The Balaban J connectivity index is -0.000000213. The van der Waals surface area contributed by atoms with Crippen molar-refractivity contribution in [2.45, 2.75) is 0 Å². The second-order valence-electron chi connectivity index (χ2n) is 1.46. The average molecular weight is 170 g/mol. The Labute approximate surface area is 92.5 Å². The maximum absolute atomic E-state index is 5.28. The van der Waals surface area contributed by atoms with Gasteiger partial charge >= 0.3 is 37.7 Å². The minimum absolute atomic E-state index is 0. The summed E-state index contributed by atoms with van der Waals surface area (Å²) in [4.78, 5) is 2.50. The number of benzene rings is 1. The van der Waals surface area contributed by atoms with E-state index in [1.807, 2.05) is 30.3 Å². The van der Waals surface area contributed by atoms with E-state index >= 15 is 0 Å². The van der Waals surface area contributed by atoms with Gasteiger partial charge in [-0.05, 0) is 12.1 Å². The topological polar surface area (TPSA) is 12.0 Å². The van der Waals surface area contributed by atoms with E-state index in [0.717, 1.165) is 5.69 Å². The summed E-state index contributed by atoms with van der Waals surface area (Å²) in [5.74, 6) is 0. The van der Waals surface area contributed by atoms with Gasteiger partial charge in [0.1, 0.15) is 0 Å². The van der Waals surface area contributed by atoms with E-state index in [4.69, 9.17) is 11.8 Å². The third-order valence-electron chi connectivity index (χ3n) is 0.883. The molecule has 1 aromatic carbocycles. The van der Waals surface area contributed by atoms with Crippen molar-refractivity contribution in [2.24, 2.45) is 0 Å². The largest absolute Gasteiger partial charge is 2.00 e. The van der Waals surface area contributed by atoms with Crippen molar-refractivity contribution in [2.75, 3.05) is 4.84 Å². The van der Waals surface area contributed by atoms with Crippen molar-refractivity contribution >= 4 is 55.2 Å². The zero-order valence-electron chi connectivity index (χ0n) is 6.97. The first kappa shape index (κ1) is 9.57. The van der Waals surface area contributed by atoms with Crippen LogP contribution >= 0.6 is 11.8 Å². The summed E-state index contributed by atoms with van der Waals surface area (Å²) in [6.45, 7) is 0. The Morgan fingerprint density at radius 3 is 2.11 bits per heavy atom. The maximum atomic E-state index is 5.28. The third-order valence-corrected chi connectivity index (χ3v) is 1.10. The van der Waals surface area contributed by atoms with Gasteiger partial charge in [0.15, 0.2) is 0 Å². The number of halogens is 1. The van der Waals surface area contributed by atoms with E-state index in [0.29, 0.717) is 0 Å². The van der Waals surface area contributed by atoms with Crippen LogP contribution in [-0.4, -0.2) is 37.7 Å². The first-order chi connectivity index (χ1) is 3.93. The molecule has 46 valence electrons. The van der Waals surface area contributed by atoms with Gasteiger partial charge in [-0.25, -0.2) is 0 Å². The first-order valence-electron chi connectivity index (χ1n) is 2.35. The number of para-hydroxylation sites is 1. The zero-order valence-corrected chi connectivity index (χ0v) is 7.94. The van der Waals surface area contributed by atoms with E-state index < -0.39 is 0 Å². The molecule has 3 heteroatoms. The fourth-order valence-corrected chi connectivity index (χ4v) is 0.627. The van der Waals surface area contributed by atoms with E-state index in [2.05, 4.69) is 4.84 Å². The van der Waals surface area contributed by atoms with Crippen LogP contribution < -0.4 is 4.84 Å². The molecular weight excluding hydrogens is 162 g/mol. The van der Waals surface area contributed by atoms with Crippen LogP contribution in [0, 0.1) is 0 Å². The predicted molar refractivity (Wildman–Crippen MR) is 43.9 cm³/mol. The fraction of sp³-hybridized carbons (Fsp3) is 0. The Morgan fingerprint density at radius 2 is 1.78 bits per heavy atom. The number of nitrogens with one attached hydrogen (secondary N) is 1. The van der Waals surface area contributed by atoms with Gasteiger partial charge in [-0.1, -0.05) is 18.2 Å². The minimum Gasteiger partial charge on any atom is -1.00 e. The summed E-state index contributed by atoms with van der Waals surface area (Å²) in [6, 6.07) is 9.58. The first-order valence-corrected chi connectivity index (χ1v) is 2.73. The standard InChI is InChI=1S/C6H6ClN.Ca.2H/c7-8-6-4-2-1-3-5-6;;;/h1-5,8H;;;/q;+2;2*-1. The van der Waals surface area contributed by atoms with E-state index in [-0.39, 0.29) is 40.6 Å². The van der Waals surface area contributed by atoms with Gasteiger partial charge in [0.25, 0.3) is 0 Å². The van der Waals surface area contributed by atoms with Gasteiger partial charge in [-0.2, -0.15) is 0 Å². The normalized spacial score (nSPS) is 7.67. The zero-order chi connectivity index (χ0) is 5.82. The van der Waals surface area contributed by atoms with E-state index in [1.165, 1.54) is 0 Å². The second-order valence-corrected chi connectivity index (χ2v) is 1.65. The van der Waals surface area contributed by atoms with Crippen molar-refractivity contribution in [3.8, 4) is 0 Å². The smallest absolute Gasteiger partial charge is 1.00 e. The summed E-state index contributed by atoms with van der Waals surface area (Å²) in [5.41, 5.74) is 0.925. The molecule has 1 N–H and O–H groups in total. The van der Waals surface area contributed by atoms with Gasteiger partial charge in [-0.15, -0.1) is 0 Å². The van der Waals surface area contributed by atoms with Gasteiger partial charge in [0.2, 0.25) is 0 Å². The quantitative estimate of drug-likeness (QED) is 0.502. The van der Waals surface area contributed by atoms with Gasteiger partial charge in [-0.3, -0.25) is 4.84 Å². The molecule has 0 unspecified atom stereocenters. The van der Waals surface area contributed by atoms with Gasteiger partial charge < -0.3 is 2.85 Å². The molecular formula is C6H8CaClN. The number of rotatable bonds is 1. The molecule has 1 nitrogen and oxygen atoms in total. The predicted octanol–water partition coefficient (Wildman–Crippen LogP) is 2.10. The summed E-state index contributed by atoms with van der Waals surface area (Å²) in [6.07, 6.45) is 0. The Bertz CT molecular complexity index is 162. The molecule has 0 spiro atoms. The summed E-state index contributed by atoms with van der Waals surface area (Å²) in [5, 5.41) is 0. The Kier molecular flexibility index (Phi) is 5.70. The van der Waals surface area contributed by atoms with Crippen LogP contribution in [0.4, 0.5) is 5.69 Å². The van der Waals surface area contributed by atoms with Crippen molar-refractivity contribution in [3.05, 3.63) is 30.3 Å². The van der Waals surface area contributed by atoms with Gasteiger partial charge in [0.05, 0.1) is 0 Å². The minimum atomic E-state index is 0. The molecule has 0 amide bonds. The van der Waals surface area contributed by atoms with E-state index in [1.54, 1.807) is 0 Å². The number of anilines is 1. The molecule has 0 bridgehead atoms. The Hall–Kier alpha value is 0.570. The van der Waals surface area contributed by atoms with Crippen LogP contribution in [0.5, 0.6) is 0 Å². The summed E-state index contributed by atoms with van der Waals surface area (Å²) < 4.78 is 0. The molecule has 0 atom stereocenters. The van der Waals surface area contributed by atoms with Crippen LogP contribution in [0.1, 0.15) is 2.85 Å². The van der Waals surface area contributed by atoms with Crippen LogP contribution in [0.3, 0.4) is 0 Å². The van der Waals surface area contributed by atoms with Gasteiger partial charge in [0, 0.05) is 17.5 Å². The average Bonchev–Trinajstić information content (AvgIpc) is 1.90. The number of hydrogen-bond acceptors (Lipinski definition) is 1. The molecule has 9 heavy (non-hydrogen) atoms. The molecule has 0 radical (unpaired) electrons. The molecule has 1 aromatic rings. The van der Waals surface area contributed by atoms with Crippen LogP contribution in [-0.2, 0) is 0 Å². The second kappa shape index (κ2) is 5.36. The maximum Gasteiger partial charge on any atom is 2.00 e. The summed E-state index contributed by atoms with van der Waals surface area (Å²) >= 11 is 5.28. The molecule has 1 rings (SSSR count). The SMILES string of the molecule is ClNc1ccccc1.[Ca+2].[H-].[H-]. The van der Waals surface area contributed by atoms with Crippen molar-refractivity contribution in [1.82, 2.24) is 0 Å². The summed E-state index contributed by atoms with van der Waals surface area (Å²) in [7, 11) is 0. The van der Waals surface area contributed by atoms with E-state index in [9.17, 15) is 0 Å².